The van der Waals surface area contributed by atoms with Crippen LogP contribution in [0.1, 0.15) is 43.6 Å². The molecular formula is C22H28N2O5S. The molecule has 2 aromatic rings. The molecular weight excluding hydrogens is 404 g/mol. The first-order valence-electron chi connectivity index (χ1n) is 9.57. The van der Waals surface area contributed by atoms with Crippen LogP contribution in [0.4, 0.5) is 11.4 Å². The molecule has 162 valence electrons. The summed E-state index contributed by atoms with van der Waals surface area (Å²) in [4.78, 5) is 24.4. The van der Waals surface area contributed by atoms with Crippen LogP contribution >= 0.6 is 0 Å². The smallest absolute Gasteiger partial charge is 0.338 e. The highest BCUT2D eigenvalue weighted by Gasteiger charge is 2.22. The zero-order valence-corrected chi connectivity index (χ0v) is 18.7. The molecule has 7 nitrogen and oxygen atoms in total. The number of hydrogen-bond acceptors (Lipinski definition) is 5. The van der Waals surface area contributed by atoms with Crippen LogP contribution in [0.3, 0.4) is 0 Å². The van der Waals surface area contributed by atoms with Crippen molar-refractivity contribution in [1.29, 1.82) is 0 Å². The molecule has 0 unspecified atom stereocenters. The van der Waals surface area contributed by atoms with Crippen molar-refractivity contribution in [3.63, 3.8) is 0 Å². The summed E-state index contributed by atoms with van der Waals surface area (Å²) in [5.41, 5.74) is 2.06. The lowest BCUT2D eigenvalue weighted by Crippen LogP contribution is -2.37. The Hall–Kier alpha value is -2.87. The molecule has 0 aromatic heterocycles. The number of hydrogen-bond donors (Lipinski definition) is 1. The number of anilines is 2. The van der Waals surface area contributed by atoms with Gasteiger partial charge in [0.25, 0.3) is 0 Å². The van der Waals surface area contributed by atoms with Crippen molar-refractivity contribution in [1.82, 2.24) is 0 Å². The molecule has 8 heteroatoms. The second-order valence-corrected chi connectivity index (χ2v) is 9.82. The molecule has 0 radical (unpaired) electrons. The number of sulfonamides is 1. The highest BCUT2D eigenvalue weighted by molar-refractivity contribution is 7.92. The predicted molar refractivity (Wildman–Crippen MR) is 118 cm³/mol. The quantitative estimate of drug-likeness (QED) is 0.675. The van der Waals surface area contributed by atoms with Crippen molar-refractivity contribution in [2.24, 2.45) is 0 Å². The lowest BCUT2D eigenvalue weighted by atomic mass is 9.87. The average molecular weight is 433 g/mol. The van der Waals surface area contributed by atoms with E-state index in [1.807, 2.05) is 12.1 Å². The third-order valence-corrected chi connectivity index (χ3v) is 5.51. The maximum Gasteiger partial charge on any atom is 0.338 e. The standard InChI is InChI=1S/C22H28N2O5S/c1-6-29-21(26)16-8-7-9-18(14-16)23-20(25)15-24(30(5,27)28)19-12-10-17(11-13-19)22(2,3)4/h7-14H,6,15H2,1-5H3,(H,23,25). The minimum Gasteiger partial charge on any atom is -0.462 e. The van der Waals surface area contributed by atoms with Gasteiger partial charge in [0.05, 0.1) is 24.1 Å². The van der Waals surface area contributed by atoms with Crippen LogP contribution in [-0.2, 0) is 25.0 Å². The van der Waals surface area contributed by atoms with Crippen molar-refractivity contribution in [3.8, 4) is 0 Å². The topological polar surface area (TPSA) is 92.8 Å². The minimum absolute atomic E-state index is 0.0736. The van der Waals surface area contributed by atoms with Crippen LogP contribution < -0.4 is 9.62 Å². The fourth-order valence-electron chi connectivity index (χ4n) is 2.80. The summed E-state index contributed by atoms with van der Waals surface area (Å²) >= 11 is 0. The van der Waals surface area contributed by atoms with Crippen molar-refractivity contribution < 1.29 is 22.7 Å². The molecule has 0 spiro atoms. The highest BCUT2D eigenvalue weighted by atomic mass is 32.2. The summed E-state index contributed by atoms with van der Waals surface area (Å²) in [5.74, 6) is -1.02. The zero-order chi connectivity index (χ0) is 22.5. The normalized spacial score (nSPS) is 11.6. The number of amides is 1. The summed E-state index contributed by atoms with van der Waals surface area (Å²) in [6.07, 6.45) is 1.05. The number of rotatable bonds is 7. The maximum absolute atomic E-state index is 12.5. The van der Waals surface area contributed by atoms with Crippen LogP contribution in [0.2, 0.25) is 0 Å². The molecule has 1 N–H and O–H groups in total. The number of carbonyl (C=O) groups excluding carboxylic acids is 2. The van der Waals surface area contributed by atoms with Crippen molar-refractivity contribution in [3.05, 3.63) is 59.7 Å². The van der Waals surface area contributed by atoms with Gasteiger partial charge in [0, 0.05) is 5.69 Å². The van der Waals surface area contributed by atoms with E-state index in [0.29, 0.717) is 16.9 Å². The fraction of sp³-hybridized carbons (Fsp3) is 0.364. The van der Waals surface area contributed by atoms with Gasteiger partial charge >= 0.3 is 5.97 Å². The van der Waals surface area contributed by atoms with Gasteiger partial charge in [0.15, 0.2) is 0 Å². The maximum atomic E-state index is 12.5. The SMILES string of the molecule is CCOC(=O)c1cccc(NC(=O)CN(c2ccc(C(C)(C)C)cc2)S(C)(=O)=O)c1. The summed E-state index contributed by atoms with van der Waals surface area (Å²) in [6.45, 7) is 7.75. The Morgan fingerprint density at radius 3 is 2.23 bits per heavy atom. The second-order valence-electron chi connectivity index (χ2n) is 7.92. The molecule has 2 rings (SSSR count). The minimum atomic E-state index is -3.68. The number of carbonyl (C=O) groups is 2. The van der Waals surface area contributed by atoms with E-state index < -0.39 is 28.4 Å². The molecule has 0 saturated carbocycles. The van der Waals surface area contributed by atoms with Gasteiger partial charge in [-0.25, -0.2) is 13.2 Å². The van der Waals surface area contributed by atoms with Gasteiger partial charge in [-0.3, -0.25) is 9.10 Å². The third kappa shape index (κ3) is 6.32. The molecule has 1 amide bonds. The Balaban J connectivity index is 2.19. The van der Waals surface area contributed by atoms with Crippen LogP contribution in [0.15, 0.2) is 48.5 Å². The van der Waals surface area contributed by atoms with Gasteiger partial charge in [0.1, 0.15) is 6.54 Å². The first-order valence-corrected chi connectivity index (χ1v) is 11.4. The van der Waals surface area contributed by atoms with Gasteiger partial charge < -0.3 is 10.1 Å². The van der Waals surface area contributed by atoms with Gasteiger partial charge in [-0.2, -0.15) is 0 Å². The molecule has 0 fully saturated rings. The van der Waals surface area contributed by atoms with Gasteiger partial charge in [0.2, 0.25) is 15.9 Å². The Morgan fingerprint density at radius 2 is 1.70 bits per heavy atom. The van der Waals surface area contributed by atoms with Crippen molar-refractivity contribution >= 4 is 33.3 Å². The molecule has 0 heterocycles. The van der Waals surface area contributed by atoms with E-state index in [2.05, 4.69) is 26.1 Å². The lowest BCUT2D eigenvalue weighted by Gasteiger charge is -2.24. The average Bonchev–Trinajstić information content (AvgIpc) is 2.65. The second kappa shape index (κ2) is 9.30. The summed E-state index contributed by atoms with van der Waals surface area (Å²) in [7, 11) is -3.68. The van der Waals surface area contributed by atoms with E-state index in [-0.39, 0.29) is 12.0 Å². The predicted octanol–water partition coefficient (Wildman–Crippen LogP) is 3.57. The number of esters is 1. The summed E-state index contributed by atoms with van der Waals surface area (Å²) < 4.78 is 30.6. The highest BCUT2D eigenvalue weighted by Crippen LogP contribution is 2.26. The van der Waals surface area contributed by atoms with E-state index in [1.165, 1.54) is 6.07 Å². The van der Waals surface area contributed by atoms with Crippen molar-refractivity contribution in [2.45, 2.75) is 33.1 Å². The van der Waals surface area contributed by atoms with E-state index in [4.69, 9.17) is 4.74 Å². The van der Waals surface area contributed by atoms with Crippen LogP contribution in [0.25, 0.3) is 0 Å². The first kappa shape index (κ1) is 23.4. The van der Waals surface area contributed by atoms with Gasteiger partial charge in [-0.05, 0) is 48.2 Å². The molecule has 0 aliphatic heterocycles. The Labute approximate surface area is 178 Å². The zero-order valence-electron chi connectivity index (χ0n) is 17.9. The third-order valence-electron chi connectivity index (χ3n) is 4.37. The molecule has 0 bridgehead atoms. The van der Waals surface area contributed by atoms with Gasteiger partial charge in [-0.1, -0.05) is 39.0 Å². The number of nitrogens with zero attached hydrogens (tertiary/aromatic N) is 1. The molecule has 0 saturated heterocycles. The molecule has 0 aliphatic carbocycles. The molecule has 0 atom stereocenters. The van der Waals surface area contributed by atoms with Crippen molar-refractivity contribution in [2.75, 3.05) is 29.0 Å². The first-order chi connectivity index (χ1) is 13.9. The Bertz CT molecular complexity index is 1010. The van der Waals surface area contributed by atoms with E-state index in [1.54, 1.807) is 37.3 Å². The number of nitrogens with one attached hydrogen (secondary N) is 1. The van der Waals surface area contributed by atoms with E-state index >= 15 is 0 Å². The monoisotopic (exact) mass is 432 g/mol. The lowest BCUT2D eigenvalue weighted by molar-refractivity contribution is -0.114. The molecule has 2 aromatic carbocycles. The summed E-state index contributed by atoms with van der Waals surface area (Å²) in [5, 5.41) is 2.63. The molecule has 0 aliphatic rings. The summed E-state index contributed by atoms with van der Waals surface area (Å²) in [6, 6.07) is 13.4. The van der Waals surface area contributed by atoms with Crippen LogP contribution in [-0.4, -0.2) is 39.7 Å². The van der Waals surface area contributed by atoms with E-state index in [9.17, 15) is 18.0 Å². The largest absolute Gasteiger partial charge is 0.462 e. The van der Waals surface area contributed by atoms with Gasteiger partial charge in [-0.15, -0.1) is 0 Å². The van der Waals surface area contributed by atoms with E-state index in [0.717, 1.165) is 16.1 Å². The van der Waals surface area contributed by atoms with Crippen LogP contribution in [0.5, 0.6) is 0 Å². The van der Waals surface area contributed by atoms with Crippen LogP contribution in [0, 0.1) is 0 Å². The number of ether oxygens (including phenoxy) is 1. The Morgan fingerprint density at radius 1 is 1.07 bits per heavy atom. The molecule has 30 heavy (non-hydrogen) atoms. The Kier molecular flexibility index (Phi) is 7.25. The fourth-order valence-corrected chi connectivity index (χ4v) is 3.65. The number of benzene rings is 2.